The molecule has 1 aromatic heterocycles. The van der Waals surface area contributed by atoms with Gasteiger partial charge in [-0.25, -0.2) is 28.1 Å². The zero-order valence-electron chi connectivity index (χ0n) is 20.6. The summed E-state index contributed by atoms with van der Waals surface area (Å²) in [5.74, 6) is -1.86. The Morgan fingerprint density at radius 3 is 2.19 bits per heavy atom. The summed E-state index contributed by atoms with van der Waals surface area (Å²) < 4.78 is 34.2. The lowest BCUT2D eigenvalue weighted by molar-refractivity contribution is -0.137. The number of aromatic nitrogens is 1. The number of esters is 2. The van der Waals surface area contributed by atoms with Crippen LogP contribution in [0.4, 0.5) is 0 Å². The van der Waals surface area contributed by atoms with E-state index in [0.717, 1.165) is 5.56 Å². The molecule has 0 atom stereocenters. The monoisotopic (exact) mass is 539 g/mol. The maximum absolute atomic E-state index is 12.8. The third kappa shape index (κ3) is 5.06. The van der Waals surface area contributed by atoms with Crippen molar-refractivity contribution in [3.05, 3.63) is 82.0 Å². The summed E-state index contributed by atoms with van der Waals surface area (Å²) in [4.78, 5) is 30.2. The molecule has 0 amide bonds. The van der Waals surface area contributed by atoms with Crippen LogP contribution in [0.25, 0.3) is 21.8 Å². The van der Waals surface area contributed by atoms with Crippen molar-refractivity contribution in [3.63, 3.8) is 0 Å². The molecule has 0 spiro atoms. The Balaban J connectivity index is 1.82. The molecule has 0 bridgehead atoms. The average Bonchev–Trinajstić information content (AvgIpc) is 3.37. The van der Waals surface area contributed by atoms with E-state index in [1.165, 1.54) is 31.6 Å². The third-order valence-corrected chi connectivity index (χ3v) is 7.87. The second kappa shape index (κ2) is 10.3. The van der Waals surface area contributed by atoms with Crippen LogP contribution < -0.4 is 10.5 Å². The first-order valence-electron chi connectivity index (χ1n) is 11.1. The number of dihydropyridines is 1. The highest BCUT2D eigenvalue weighted by Crippen LogP contribution is 2.41. The van der Waals surface area contributed by atoms with E-state index >= 15 is 0 Å². The number of sulfonamides is 1. The largest absolute Gasteiger partial charge is 0.466 e. The first kappa shape index (κ1) is 26.3. The summed E-state index contributed by atoms with van der Waals surface area (Å²) in [6, 6.07) is 13.7. The van der Waals surface area contributed by atoms with Crippen LogP contribution in [-0.4, -0.2) is 39.6 Å². The molecule has 9 nitrogen and oxygen atoms in total. The van der Waals surface area contributed by atoms with Crippen molar-refractivity contribution in [1.82, 2.24) is 10.3 Å². The van der Waals surface area contributed by atoms with Crippen LogP contribution in [0.15, 0.2) is 81.3 Å². The van der Waals surface area contributed by atoms with Crippen LogP contribution in [0.2, 0.25) is 0 Å². The molecule has 0 unspecified atom stereocenters. The second-order valence-corrected chi connectivity index (χ2v) is 10.7. The SMILES string of the molecule is COC(=O)C1=C(C)NC(C)=C(C(=O)OC)C1c1cccc(-c2nc(-c3ccccc3S(N)(=O)=O)cs2)c1. The van der Waals surface area contributed by atoms with E-state index in [4.69, 9.17) is 14.6 Å². The van der Waals surface area contributed by atoms with Crippen molar-refractivity contribution in [2.75, 3.05) is 14.2 Å². The van der Waals surface area contributed by atoms with Gasteiger partial charge in [0.2, 0.25) is 10.0 Å². The third-order valence-electron chi connectivity index (χ3n) is 6.01. The molecule has 0 saturated carbocycles. The van der Waals surface area contributed by atoms with E-state index in [0.29, 0.717) is 44.4 Å². The number of thiazole rings is 1. The number of benzene rings is 2. The fourth-order valence-corrected chi connectivity index (χ4v) is 5.96. The number of rotatable bonds is 6. The van der Waals surface area contributed by atoms with Gasteiger partial charge in [0.1, 0.15) is 5.01 Å². The van der Waals surface area contributed by atoms with E-state index in [9.17, 15) is 18.0 Å². The minimum absolute atomic E-state index is 0.0121. The van der Waals surface area contributed by atoms with Gasteiger partial charge in [0.15, 0.2) is 0 Å². The lowest BCUT2D eigenvalue weighted by Gasteiger charge is -2.30. The number of nitrogens with zero attached hydrogens (tertiary/aromatic N) is 1. The molecule has 0 fully saturated rings. The molecule has 0 aliphatic carbocycles. The van der Waals surface area contributed by atoms with E-state index in [1.807, 2.05) is 18.2 Å². The normalized spacial score (nSPS) is 14.4. The molecular formula is C26H25N3O6S2. The maximum atomic E-state index is 12.8. The van der Waals surface area contributed by atoms with Gasteiger partial charge in [0.05, 0.1) is 41.9 Å². The Labute approximate surface area is 218 Å². The molecule has 3 aromatic rings. The summed E-state index contributed by atoms with van der Waals surface area (Å²) in [7, 11) is -1.37. The van der Waals surface area contributed by atoms with Crippen LogP contribution in [-0.2, 0) is 29.1 Å². The minimum Gasteiger partial charge on any atom is -0.466 e. The minimum atomic E-state index is -3.94. The van der Waals surface area contributed by atoms with Gasteiger partial charge in [-0.1, -0.05) is 36.4 Å². The van der Waals surface area contributed by atoms with Crippen molar-refractivity contribution in [2.45, 2.75) is 24.7 Å². The number of carbonyl (C=O) groups is 2. The topological polar surface area (TPSA) is 138 Å². The lowest BCUT2D eigenvalue weighted by atomic mass is 9.80. The highest BCUT2D eigenvalue weighted by Gasteiger charge is 2.37. The summed E-state index contributed by atoms with van der Waals surface area (Å²) in [5.41, 5.74) is 4.01. The summed E-state index contributed by atoms with van der Waals surface area (Å²) in [5, 5.41) is 10.9. The van der Waals surface area contributed by atoms with Crippen molar-refractivity contribution >= 4 is 33.3 Å². The molecule has 3 N–H and O–H groups in total. The van der Waals surface area contributed by atoms with Gasteiger partial charge in [0, 0.05) is 27.9 Å². The second-order valence-electron chi connectivity index (χ2n) is 8.32. The first-order valence-corrected chi connectivity index (χ1v) is 13.5. The van der Waals surface area contributed by atoms with Gasteiger partial charge in [0.25, 0.3) is 0 Å². The summed E-state index contributed by atoms with van der Waals surface area (Å²) in [6.07, 6.45) is 0. The number of allylic oxidation sites excluding steroid dienone is 2. The highest BCUT2D eigenvalue weighted by molar-refractivity contribution is 7.89. The Morgan fingerprint density at radius 1 is 0.973 bits per heavy atom. The van der Waals surface area contributed by atoms with E-state index in [1.54, 1.807) is 43.5 Å². The predicted molar refractivity (Wildman–Crippen MR) is 140 cm³/mol. The molecule has 11 heteroatoms. The number of methoxy groups -OCH3 is 2. The molecule has 4 rings (SSSR count). The van der Waals surface area contributed by atoms with Crippen LogP contribution >= 0.6 is 11.3 Å². The summed E-state index contributed by atoms with van der Waals surface area (Å²) in [6.45, 7) is 3.49. The Hall–Kier alpha value is -3.80. The average molecular weight is 540 g/mol. The number of hydrogen-bond donors (Lipinski definition) is 2. The van der Waals surface area contributed by atoms with Crippen LogP contribution in [0.1, 0.15) is 25.3 Å². The number of nitrogens with two attached hydrogens (primary N) is 1. The van der Waals surface area contributed by atoms with Crippen LogP contribution in [0.5, 0.6) is 0 Å². The molecule has 0 saturated heterocycles. The van der Waals surface area contributed by atoms with Gasteiger partial charge >= 0.3 is 11.9 Å². The molecule has 2 aromatic carbocycles. The van der Waals surface area contributed by atoms with Gasteiger partial charge in [-0.3, -0.25) is 0 Å². The molecular weight excluding hydrogens is 514 g/mol. The van der Waals surface area contributed by atoms with Crippen molar-refractivity contribution < 1.29 is 27.5 Å². The molecule has 1 aliphatic rings. The first-order chi connectivity index (χ1) is 17.6. The Bertz CT molecular complexity index is 1530. The standard InChI is InChI=1S/C26H25N3O6S2/c1-14-21(25(30)34-3)23(22(15(2)28-14)26(31)35-4)16-8-7-9-17(12-16)24-29-19(13-36-24)18-10-5-6-11-20(18)37(27,32)33/h5-13,23,28H,1-4H3,(H2,27,32,33). The molecule has 1 aliphatic heterocycles. The number of nitrogens with one attached hydrogen (secondary N) is 1. The van der Waals surface area contributed by atoms with Crippen LogP contribution in [0, 0.1) is 0 Å². The number of primary sulfonamides is 1. The zero-order valence-corrected chi connectivity index (χ0v) is 22.2. The van der Waals surface area contributed by atoms with Crippen LogP contribution in [0.3, 0.4) is 0 Å². The zero-order chi connectivity index (χ0) is 26.9. The molecule has 192 valence electrons. The van der Waals surface area contributed by atoms with Crippen molar-refractivity contribution in [1.29, 1.82) is 0 Å². The molecule has 37 heavy (non-hydrogen) atoms. The van der Waals surface area contributed by atoms with E-state index in [2.05, 4.69) is 10.3 Å². The van der Waals surface area contributed by atoms with Crippen molar-refractivity contribution in [3.8, 4) is 21.8 Å². The Kier molecular flexibility index (Phi) is 7.30. The smallest absolute Gasteiger partial charge is 0.336 e. The lowest BCUT2D eigenvalue weighted by Crippen LogP contribution is -2.32. The predicted octanol–water partition coefficient (Wildman–Crippen LogP) is 3.71. The highest BCUT2D eigenvalue weighted by atomic mass is 32.2. The summed E-state index contributed by atoms with van der Waals surface area (Å²) >= 11 is 1.33. The maximum Gasteiger partial charge on any atom is 0.336 e. The number of hydrogen-bond acceptors (Lipinski definition) is 9. The van der Waals surface area contributed by atoms with E-state index < -0.39 is 27.9 Å². The molecule has 0 radical (unpaired) electrons. The van der Waals surface area contributed by atoms with Gasteiger partial charge in [-0.15, -0.1) is 11.3 Å². The van der Waals surface area contributed by atoms with E-state index in [-0.39, 0.29) is 4.90 Å². The molecule has 2 heterocycles. The number of ether oxygens (including phenoxy) is 2. The quantitative estimate of drug-likeness (QED) is 0.452. The van der Waals surface area contributed by atoms with Gasteiger partial charge in [-0.05, 0) is 31.5 Å². The van der Waals surface area contributed by atoms with Gasteiger partial charge in [-0.2, -0.15) is 0 Å². The van der Waals surface area contributed by atoms with Crippen molar-refractivity contribution in [2.24, 2.45) is 5.14 Å². The fraction of sp³-hybridized carbons (Fsp3) is 0.192. The fourth-order valence-electron chi connectivity index (χ4n) is 4.40. The Morgan fingerprint density at radius 2 is 1.59 bits per heavy atom. The number of carbonyl (C=O) groups excluding carboxylic acids is 2. The van der Waals surface area contributed by atoms with Gasteiger partial charge < -0.3 is 14.8 Å².